The number of nitrogens with zero attached hydrogens (tertiary/aromatic N) is 1. The van der Waals surface area contributed by atoms with Gasteiger partial charge in [-0.3, -0.25) is 4.90 Å². The lowest BCUT2D eigenvalue weighted by atomic mass is 10.0. The van der Waals surface area contributed by atoms with Crippen LogP contribution in [0.4, 0.5) is 0 Å². The summed E-state index contributed by atoms with van der Waals surface area (Å²) >= 11 is 0. The molecule has 1 atom stereocenters. The summed E-state index contributed by atoms with van der Waals surface area (Å²) in [7, 11) is 0. The molecule has 4 heteroatoms. The van der Waals surface area contributed by atoms with E-state index in [1.165, 1.54) is 12.8 Å². The van der Waals surface area contributed by atoms with Crippen molar-refractivity contribution in [2.75, 3.05) is 32.8 Å². The lowest BCUT2D eigenvalue weighted by Gasteiger charge is -2.36. The molecule has 1 unspecified atom stereocenters. The Labute approximate surface area is 111 Å². The molecule has 1 saturated heterocycles. The van der Waals surface area contributed by atoms with Crippen molar-refractivity contribution >= 4 is 0 Å². The van der Waals surface area contributed by atoms with Gasteiger partial charge in [-0.1, -0.05) is 12.8 Å². The second-order valence-corrected chi connectivity index (χ2v) is 6.14. The van der Waals surface area contributed by atoms with Gasteiger partial charge in [0, 0.05) is 32.2 Å². The van der Waals surface area contributed by atoms with Gasteiger partial charge in [0.15, 0.2) is 0 Å². The van der Waals surface area contributed by atoms with Crippen molar-refractivity contribution in [2.45, 2.75) is 57.3 Å². The van der Waals surface area contributed by atoms with Crippen LogP contribution in [-0.4, -0.2) is 60.5 Å². The quantitative estimate of drug-likeness (QED) is 0.770. The topological polar surface area (TPSA) is 44.7 Å². The molecule has 1 aliphatic heterocycles. The van der Waals surface area contributed by atoms with Crippen LogP contribution in [0, 0.1) is 0 Å². The van der Waals surface area contributed by atoms with Gasteiger partial charge >= 0.3 is 0 Å². The lowest BCUT2D eigenvalue weighted by Crippen LogP contribution is -2.50. The van der Waals surface area contributed by atoms with Crippen molar-refractivity contribution < 1.29 is 9.84 Å². The van der Waals surface area contributed by atoms with Gasteiger partial charge in [-0.25, -0.2) is 0 Å². The van der Waals surface area contributed by atoms with Crippen LogP contribution in [0.2, 0.25) is 0 Å². The molecule has 1 aliphatic carbocycles. The van der Waals surface area contributed by atoms with E-state index in [1.54, 1.807) is 0 Å². The fourth-order valence-corrected chi connectivity index (χ4v) is 3.01. The highest BCUT2D eigenvalue weighted by Gasteiger charge is 2.31. The summed E-state index contributed by atoms with van der Waals surface area (Å²) < 4.78 is 5.77. The Morgan fingerprint density at radius 2 is 2.11 bits per heavy atom. The van der Waals surface area contributed by atoms with Crippen LogP contribution in [-0.2, 0) is 4.74 Å². The maximum Gasteiger partial charge on any atom is 0.0826 e. The number of nitrogens with one attached hydrogen (secondary N) is 1. The highest BCUT2D eigenvalue weighted by atomic mass is 16.5. The molecule has 2 N–H and O–H groups in total. The summed E-state index contributed by atoms with van der Waals surface area (Å²) in [5, 5.41) is 13.6. The minimum absolute atomic E-state index is 0.270. The van der Waals surface area contributed by atoms with E-state index in [2.05, 4.69) is 24.1 Å². The van der Waals surface area contributed by atoms with Gasteiger partial charge in [0.1, 0.15) is 0 Å². The highest BCUT2D eigenvalue weighted by molar-refractivity contribution is 4.87. The van der Waals surface area contributed by atoms with Crippen molar-refractivity contribution in [3.05, 3.63) is 0 Å². The molecule has 1 heterocycles. The average Bonchev–Trinajstić information content (AvgIpc) is 2.77. The Morgan fingerprint density at radius 3 is 2.78 bits per heavy atom. The van der Waals surface area contributed by atoms with E-state index in [4.69, 9.17) is 4.74 Å². The Balaban J connectivity index is 1.67. The lowest BCUT2D eigenvalue weighted by molar-refractivity contribution is -0.0401. The highest BCUT2D eigenvalue weighted by Crippen LogP contribution is 2.28. The van der Waals surface area contributed by atoms with Crippen molar-refractivity contribution in [1.82, 2.24) is 10.2 Å². The summed E-state index contributed by atoms with van der Waals surface area (Å²) in [5.41, 5.74) is -0.452. The van der Waals surface area contributed by atoms with Crippen LogP contribution >= 0.6 is 0 Å². The maximum atomic E-state index is 10.2. The molecule has 4 nitrogen and oxygen atoms in total. The zero-order valence-electron chi connectivity index (χ0n) is 11.8. The standard InChI is InChI=1S/C14H28N2O2/c1-12(2)16-7-8-18-13(10-16)9-15-11-14(17)5-3-4-6-14/h12-13,15,17H,3-11H2,1-2H3. The first-order valence-electron chi connectivity index (χ1n) is 7.38. The molecule has 0 radical (unpaired) electrons. The SMILES string of the molecule is CC(C)N1CCOC(CNCC2(O)CCCC2)C1. The third kappa shape index (κ3) is 3.92. The largest absolute Gasteiger partial charge is 0.389 e. The summed E-state index contributed by atoms with van der Waals surface area (Å²) in [6, 6.07) is 0.593. The summed E-state index contributed by atoms with van der Waals surface area (Å²) in [5.74, 6) is 0. The summed E-state index contributed by atoms with van der Waals surface area (Å²) in [6.07, 6.45) is 4.50. The predicted molar refractivity (Wildman–Crippen MR) is 72.7 cm³/mol. The van der Waals surface area contributed by atoms with Gasteiger partial charge in [-0.2, -0.15) is 0 Å². The normalized spacial score (nSPS) is 29.0. The van der Waals surface area contributed by atoms with Gasteiger partial charge in [-0.05, 0) is 26.7 Å². The zero-order valence-corrected chi connectivity index (χ0v) is 11.8. The van der Waals surface area contributed by atoms with Gasteiger partial charge < -0.3 is 15.2 Å². The van der Waals surface area contributed by atoms with Crippen molar-refractivity contribution in [2.24, 2.45) is 0 Å². The fraction of sp³-hybridized carbons (Fsp3) is 1.00. The summed E-state index contributed by atoms with van der Waals surface area (Å²) in [4.78, 5) is 2.46. The molecule has 18 heavy (non-hydrogen) atoms. The second kappa shape index (κ2) is 6.33. The third-order valence-corrected chi connectivity index (χ3v) is 4.26. The molecule has 0 aromatic rings. The van der Waals surface area contributed by atoms with Crippen molar-refractivity contribution in [1.29, 1.82) is 0 Å². The second-order valence-electron chi connectivity index (χ2n) is 6.14. The minimum Gasteiger partial charge on any atom is -0.389 e. The maximum absolute atomic E-state index is 10.2. The molecule has 0 bridgehead atoms. The van der Waals surface area contributed by atoms with Gasteiger partial charge in [-0.15, -0.1) is 0 Å². The van der Waals surface area contributed by atoms with E-state index in [9.17, 15) is 5.11 Å². The van der Waals surface area contributed by atoms with Crippen LogP contribution in [0.5, 0.6) is 0 Å². The molecule has 106 valence electrons. The van der Waals surface area contributed by atoms with E-state index in [1.807, 2.05) is 0 Å². The molecule has 2 fully saturated rings. The molecule has 0 aromatic heterocycles. The number of morpholine rings is 1. The number of hydrogen-bond donors (Lipinski definition) is 2. The van der Waals surface area contributed by atoms with Gasteiger partial charge in [0.05, 0.1) is 18.3 Å². The van der Waals surface area contributed by atoms with E-state index in [0.29, 0.717) is 12.6 Å². The van der Waals surface area contributed by atoms with Gasteiger partial charge in [0.25, 0.3) is 0 Å². The van der Waals surface area contributed by atoms with Crippen LogP contribution in [0.15, 0.2) is 0 Å². The van der Waals surface area contributed by atoms with Crippen molar-refractivity contribution in [3.8, 4) is 0 Å². The molecule has 2 aliphatic rings. The van der Waals surface area contributed by atoms with E-state index in [0.717, 1.165) is 39.1 Å². The first-order valence-corrected chi connectivity index (χ1v) is 7.38. The molecule has 1 saturated carbocycles. The average molecular weight is 256 g/mol. The number of rotatable bonds is 5. The van der Waals surface area contributed by atoms with Crippen LogP contribution in [0.3, 0.4) is 0 Å². The smallest absolute Gasteiger partial charge is 0.0826 e. The Kier molecular flexibility index (Phi) is 5.01. The van der Waals surface area contributed by atoms with Crippen LogP contribution in [0.1, 0.15) is 39.5 Å². The molecule has 0 spiro atoms. The van der Waals surface area contributed by atoms with Crippen LogP contribution < -0.4 is 5.32 Å². The molecular weight excluding hydrogens is 228 g/mol. The molecular formula is C14H28N2O2. The van der Waals surface area contributed by atoms with E-state index < -0.39 is 5.60 Å². The first-order chi connectivity index (χ1) is 8.59. The number of hydrogen-bond acceptors (Lipinski definition) is 4. The number of ether oxygens (including phenoxy) is 1. The molecule has 0 aromatic carbocycles. The fourth-order valence-electron chi connectivity index (χ4n) is 3.01. The third-order valence-electron chi connectivity index (χ3n) is 4.26. The zero-order chi connectivity index (χ0) is 13.0. The van der Waals surface area contributed by atoms with E-state index in [-0.39, 0.29) is 6.10 Å². The summed E-state index contributed by atoms with van der Waals surface area (Å²) in [6.45, 7) is 8.91. The number of aliphatic hydroxyl groups is 1. The predicted octanol–water partition coefficient (Wildman–Crippen LogP) is 0.990. The Hall–Kier alpha value is -0.160. The first kappa shape index (κ1) is 14.3. The van der Waals surface area contributed by atoms with Gasteiger partial charge in [0.2, 0.25) is 0 Å². The minimum atomic E-state index is -0.452. The van der Waals surface area contributed by atoms with Crippen LogP contribution in [0.25, 0.3) is 0 Å². The monoisotopic (exact) mass is 256 g/mol. The Morgan fingerprint density at radius 1 is 1.39 bits per heavy atom. The Bertz CT molecular complexity index is 252. The van der Waals surface area contributed by atoms with E-state index >= 15 is 0 Å². The molecule has 2 rings (SSSR count). The molecule has 0 amide bonds. The van der Waals surface area contributed by atoms with Crippen molar-refractivity contribution in [3.63, 3.8) is 0 Å².